The van der Waals surface area contributed by atoms with Crippen molar-refractivity contribution in [1.29, 1.82) is 0 Å². The molecule has 0 aliphatic heterocycles. The SMILES string of the molecule is c1ccc(-c2nc(-c3ccccc3)nc(-c3cccc(-c4cc(-c5ccc6ccccc6c5)cc5sc6ccccc6c45)c3)n2)cc1. The topological polar surface area (TPSA) is 38.7 Å². The predicted octanol–water partition coefficient (Wildman–Crippen LogP) is 11.7. The number of nitrogens with zero attached hydrogens (tertiary/aromatic N) is 3. The van der Waals surface area contributed by atoms with Crippen LogP contribution < -0.4 is 0 Å². The van der Waals surface area contributed by atoms with Gasteiger partial charge in [0, 0.05) is 36.9 Å². The fraction of sp³-hybridized carbons (Fsp3) is 0. The predicted molar refractivity (Wildman–Crippen MR) is 197 cm³/mol. The maximum atomic E-state index is 5.01. The van der Waals surface area contributed by atoms with Gasteiger partial charge in [-0.05, 0) is 63.4 Å². The summed E-state index contributed by atoms with van der Waals surface area (Å²) in [6.07, 6.45) is 0. The molecule has 7 aromatic carbocycles. The molecule has 0 unspecified atom stereocenters. The van der Waals surface area contributed by atoms with Gasteiger partial charge >= 0.3 is 0 Å². The monoisotopic (exact) mass is 617 g/mol. The quantitative estimate of drug-likeness (QED) is 0.193. The highest BCUT2D eigenvalue weighted by Crippen LogP contribution is 2.43. The fourth-order valence-electron chi connectivity index (χ4n) is 6.38. The van der Waals surface area contributed by atoms with Crippen LogP contribution in [0.25, 0.3) is 87.4 Å². The zero-order chi connectivity index (χ0) is 31.2. The van der Waals surface area contributed by atoms with Crippen molar-refractivity contribution in [3.8, 4) is 56.4 Å². The number of thiophene rings is 1. The second-order valence-electron chi connectivity index (χ2n) is 11.7. The average molecular weight is 618 g/mol. The van der Waals surface area contributed by atoms with E-state index in [4.69, 9.17) is 15.0 Å². The van der Waals surface area contributed by atoms with Crippen LogP contribution in [0.2, 0.25) is 0 Å². The summed E-state index contributed by atoms with van der Waals surface area (Å²) in [6.45, 7) is 0. The van der Waals surface area contributed by atoms with Crippen molar-refractivity contribution in [2.24, 2.45) is 0 Å². The van der Waals surface area contributed by atoms with Gasteiger partial charge in [0.25, 0.3) is 0 Å². The van der Waals surface area contributed by atoms with Crippen molar-refractivity contribution < 1.29 is 0 Å². The lowest BCUT2D eigenvalue weighted by molar-refractivity contribution is 1.07. The van der Waals surface area contributed by atoms with Crippen molar-refractivity contribution in [2.75, 3.05) is 0 Å². The molecule has 0 saturated heterocycles. The highest BCUT2D eigenvalue weighted by atomic mass is 32.1. The number of hydrogen-bond donors (Lipinski definition) is 0. The summed E-state index contributed by atoms with van der Waals surface area (Å²) in [6, 6.07) is 57.6. The summed E-state index contributed by atoms with van der Waals surface area (Å²) < 4.78 is 2.56. The van der Waals surface area contributed by atoms with Crippen molar-refractivity contribution in [2.45, 2.75) is 0 Å². The molecule has 0 N–H and O–H groups in total. The third kappa shape index (κ3) is 5.05. The van der Waals surface area contributed by atoms with Crippen LogP contribution in [0.3, 0.4) is 0 Å². The number of aromatic nitrogens is 3. The first-order chi connectivity index (χ1) is 23.3. The Kier molecular flexibility index (Phi) is 6.65. The van der Waals surface area contributed by atoms with Crippen LogP contribution in [0.15, 0.2) is 164 Å². The van der Waals surface area contributed by atoms with Crippen molar-refractivity contribution >= 4 is 42.3 Å². The molecule has 3 nitrogen and oxygen atoms in total. The number of benzene rings is 7. The highest BCUT2D eigenvalue weighted by molar-refractivity contribution is 7.26. The Bertz CT molecular complexity index is 2510. The summed E-state index contributed by atoms with van der Waals surface area (Å²) >= 11 is 1.85. The van der Waals surface area contributed by atoms with Crippen LogP contribution in [-0.2, 0) is 0 Å². The molecule has 4 heteroatoms. The van der Waals surface area contributed by atoms with Crippen LogP contribution in [0.4, 0.5) is 0 Å². The van der Waals surface area contributed by atoms with Crippen molar-refractivity contribution in [3.05, 3.63) is 164 Å². The number of fused-ring (bicyclic) bond motifs is 4. The Morgan fingerprint density at radius 2 is 0.936 bits per heavy atom. The summed E-state index contributed by atoms with van der Waals surface area (Å²) in [5, 5.41) is 5.03. The lowest BCUT2D eigenvalue weighted by Gasteiger charge is -2.12. The molecule has 0 aliphatic carbocycles. The van der Waals surface area contributed by atoms with Crippen molar-refractivity contribution in [1.82, 2.24) is 15.0 Å². The van der Waals surface area contributed by atoms with E-state index in [0.29, 0.717) is 17.5 Å². The molecule has 0 aliphatic rings. The standard InChI is InChI=1S/C43H27N3S/c1-3-13-29(14-4-1)41-44-42(30-15-5-2-6-16-30)46-43(45-41)34-19-11-18-33(25-34)37-26-35(32-23-22-28-12-7-8-17-31(28)24-32)27-39-40(37)36-20-9-10-21-38(36)47-39/h1-27H. The minimum absolute atomic E-state index is 0.650. The fourth-order valence-corrected chi connectivity index (χ4v) is 7.55. The van der Waals surface area contributed by atoms with Gasteiger partial charge in [-0.3, -0.25) is 0 Å². The second kappa shape index (κ2) is 11.4. The molecule has 9 rings (SSSR count). The average Bonchev–Trinajstić information content (AvgIpc) is 3.53. The van der Waals surface area contributed by atoms with Gasteiger partial charge in [-0.25, -0.2) is 15.0 Å². The van der Waals surface area contributed by atoms with Gasteiger partial charge in [-0.1, -0.05) is 133 Å². The maximum absolute atomic E-state index is 5.01. The Balaban J connectivity index is 1.25. The van der Waals surface area contributed by atoms with Gasteiger partial charge in [0.15, 0.2) is 17.5 Å². The molecule has 0 atom stereocenters. The first-order valence-corrected chi connectivity index (χ1v) is 16.5. The number of rotatable bonds is 5. The molecule has 9 aromatic rings. The minimum atomic E-state index is 0.650. The van der Waals surface area contributed by atoms with Gasteiger partial charge in [-0.15, -0.1) is 11.3 Å². The summed E-state index contributed by atoms with van der Waals surface area (Å²) in [4.78, 5) is 14.9. The lowest BCUT2D eigenvalue weighted by Crippen LogP contribution is -2.00. The summed E-state index contributed by atoms with van der Waals surface area (Å²) in [5.74, 6) is 1.96. The maximum Gasteiger partial charge on any atom is 0.164 e. The molecule has 0 amide bonds. The molecule has 220 valence electrons. The normalized spacial score (nSPS) is 11.4. The van der Waals surface area contributed by atoms with E-state index in [2.05, 4.69) is 103 Å². The smallest absolute Gasteiger partial charge is 0.164 e. The van der Waals surface area contributed by atoms with E-state index < -0.39 is 0 Å². The van der Waals surface area contributed by atoms with E-state index in [9.17, 15) is 0 Å². The van der Waals surface area contributed by atoms with Crippen molar-refractivity contribution in [3.63, 3.8) is 0 Å². The van der Waals surface area contributed by atoms with Gasteiger partial charge in [-0.2, -0.15) is 0 Å². The Hall–Kier alpha value is -5.97. The van der Waals surface area contributed by atoms with E-state index in [1.165, 1.54) is 47.6 Å². The molecule has 0 spiro atoms. The largest absolute Gasteiger partial charge is 0.208 e. The van der Waals surface area contributed by atoms with Gasteiger partial charge < -0.3 is 0 Å². The highest BCUT2D eigenvalue weighted by Gasteiger charge is 2.17. The third-order valence-corrected chi connectivity index (χ3v) is 9.81. The number of hydrogen-bond acceptors (Lipinski definition) is 4. The molecule has 0 fully saturated rings. The Morgan fingerprint density at radius 3 is 1.68 bits per heavy atom. The lowest BCUT2D eigenvalue weighted by atomic mass is 9.93. The van der Waals surface area contributed by atoms with Crippen LogP contribution in [0.1, 0.15) is 0 Å². The molecule has 0 saturated carbocycles. The van der Waals surface area contributed by atoms with Gasteiger partial charge in [0.2, 0.25) is 0 Å². The molecule has 2 aromatic heterocycles. The molecule has 47 heavy (non-hydrogen) atoms. The third-order valence-electron chi connectivity index (χ3n) is 8.69. The minimum Gasteiger partial charge on any atom is -0.208 e. The second-order valence-corrected chi connectivity index (χ2v) is 12.8. The van der Waals surface area contributed by atoms with E-state index in [1.54, 1.807) is 0 Å². The van der Waals surface area contributed by atoms with Crippen LogP contribution in [0, 0.1) is 0 Å². The van der Waals surface area contributed by atoms with Gasteiger partial charge in [0.1, 0.15) is 0 Å². The molecule has 2 heterocycles. The van der Waals surface area contributed by atoms with Gasteiger partial charge in [0.05, 0.1) is 0 Å². The molecule has 0 bridgehead atoms. The van der Waals surface area contributed by atoms with E-state index in [-0.39, 0.29) is 0 Å². The van der Waals surface area contributed by atoms with Crippen LogP contribution in [-0.4, -0.2) is 15.0 Å². The zero-order valence-electron chi connectivity index (χ0n) is 25.3. The summed E-state index contributed by atoms with van der Waals surface area (Å²) in [7, 11) is 0. The first kappa shape index (κ1) is 27.3. The first-order valence-electron chi connectivity index (χ1n) is 15.7. The van der Waals surface area contributed by atoms with Crippen LogP contribution >= 0.6 is 11.3 Å². The molecule has 0 radical (unpaired) electrons. The summed E-state index contributed by atoms with van der Waals surface area (Å²) in [5.41, 5.74) is 7.60. The van der Waals surface area contributed by atoms with E-state index in [0.717, 1.165) is 22.3 Å². The Labute approximate surface area is 276 Å². The molecular formula is C43H27N3S. The van der Waals surface area contributed by atoms with E-state index >= 15 is 0 Å². The molecular weight excluding hydrogens is 591 g/mol. The van der Waals surface area contributed by atoms with Crippen LogP contribution in [0.5, 0.6) is 0 Å². The zero-order valence-corrected chi connectivity index (χ0v) is 26.2. The van der Waals surface area contributed by atoms with E-state index in [1.807, 2.05) is 72.0 Å². The Morgan fingerprint density at radius 1 is 0.340 bits per heavy atom.